The fourth-order valence-electron chi connectivity index (χ4n) is 3.45. The Labute approximate surface area is 145 Å². The standard InChI is InChI=1S/C17H19Cl2NO3/c1-9-5-6-10(17(22)23)8-20(9)16(21)13-7-12(13)11-3-2-4-14(18)15(11)19/h2-4,9-10,12-13H,5-8H2,1H3,(H,22,23). The monoisotopic (exact) mass is 355 g/mol. The van der Waals surface area contributed by atoms with E-state index in [1.165, 1.54) is 0 Å². The number of likely N-dealkylation sites (tertiary alicyclic amines) is 1. The Hall–Kier alpha value is -1.26. The van der Waals surface area contributed by atoms with E-state index in [-0.39, 0.29) is 23.8 Å². The molecule has 0 spiro atoms. The highest BCUT2D eigenvalue weighted by Crippen LogP contribution is 2.52. The van der Waals surface area contributed by atoms with Gasteiger partial charge >= 0.3 is 5.97 Å². The van der Waals surface area contributed by atoms with Crippen molar-refractivity contribution in [3.8, 4) is 0 Å². The summed E-state index contributed by atoms with van der Waals surface area (Å²) in [6, 6.07) is 5.57. The van der Waals surface area contributed by atoms with Crippen molar-refractivity contribution in [2.75, 3.05) is 6.54 Å². The minimum atomic E-state index is -0.820. The molecule has 1 N–H and O–H groups in total. The number of benzene rings is 1. The highest BCUT2D eigenvalue weighted by Gasteiger charge is 2.48. The molecule has 0 aromatic heterocycles. The van der Waals surface area contributed by atoms with Crippen LogP contribution in [0.15, 0.2) is 18.2 Å². The van der Waals surface area contributed by atoms with Crippen LogP contribution >= 0.6 is 23.2 Å². The second-order valence-corrected chi connectivity index (χ2v) is 7.33. The number of piperidine rings is 1. The second kappa shape index (κ2) is 6.33. The molecule has 2 fully saturated rings. The van der Waals surface area contributed by atoms with Crippen LogP contribution in [0.2, 0.25) is 10.0 Å². The van der Waals surface area contributed by atoms with Gasteiger partial charge in [-0.15, -0.1) is 0 Å². The van der Waals surface area contributed by atoms with E-state index in [9.17, 15) is 14.7 Å². The number of nitrogens with zero attached hydrogens (tertiary/aromatic N) is 1. The number of carboxylic acids is 1. The highest BCUT2D eigenvalue weighted by atomic mass is 35.5. The van der Waals surface area contributed by atoms with Gasteiger partial charge in [-0.2, -0.15) is 0 Å². The molecule has 0 radical (unpaired) electrons. The summed E-state index contributed by atoms with van der Waals surface area (Å²) in [6.07, 6.45) is 2.12. The molecule has 3 rings (SSSR count). The predicted octanol–water partition coefficient (Wildman–Crippen LogP) is 3.81. The fourth-order valence-corrected chi connectivity index (χ4v) is 3.90. The van der Waals surface area contributed by atoms with Gasteiger partial charge in [-0.1, -0.05) is 35.3 Å². The summed E-state index contributed by atoms with van der Waals surface area (Å²) in [7, 11) is 0. The zero-order valence-corrected chi connectivity index (χ0v) is 14.3. The lowest BCUT2D eigenvalue weighted by molar-refractivity contribution is -0.147. The maximum absolute atomic E-state index is 12.8. The van der Waals surface area contributed by atoms with E-state index in [2.05, 4.69) is 0 Å². The number of amides is 1. The molecule has 4 atom stereocenters. The van der Waals surface area contributed by atoms with Gasteiger partial charge in [0.05, 0.1) is 16.0 Å². The molecule has 4 unspecified atom stereocenters. The van der Waals surface area contributed by atoms with Gasteiger partial charge in [0.15, 0.2) is 0 Å². The molecule has 6 heteroatoms. The third-order valence-corrected chi connectivity index (χ3v) is 5.84. The number of carboxylic acid groups (broad SMARTS) is 1. The molecule has 23 heavy (non-hydrogen) atoms. The molecule has 1 saturated carbocycles. The quantitative estimate of drug-likeness (QED) is 0.896. The third kappa shape index (κ3) is 3.20. The van der Waals surface area contributed by atoms with E-state index in [1.54, 1.807) is 11.0 Å². The summed E-state index contributed by atoms with van der Waals surface area (Å²) in [6.45, 7) is 2.29. The molecule has 124 valence electrons. The fraction of sp³-hybridized carbons (Fsp3) is 0.529. The number of halogens is 2. The van der Waals surface area contributed by atoms with Crippen molar-refractivity contribution in [3.63, 3.8) is 0 Å². The molecule has 1 aromatic rings. The molecule has 1 aliphatic heterocycles. The van der Waals surface area contributed by atoms with E-state index < -0.39 is 11.9 Å². The zero-order chi connectivity index (χ0) is 16.7. The van der Waals surface area contributed by atoms with Crippen LogP contribution in [0.3, 0.4) is 0 Å². The number of rotatable bonds is 3. The SMILES string of the molecule is CC1CCC(C(=O)O)CN1C(=O)C1CC1c1cccc(Cl)c1Cl. The Bertz CT molecular complexity index is 649. The van der Waals surface area contributed by atoms with Crippen molar-refractivity contribution in [1.82, 2.24) is 4.90 Å². The van der Waals surface area contributed by atoms with Gasteiger partial charge < -0.3 is 10.0 Å². The average molecular weight is 356 g/mol. The molecule has 1 heterocycles. The number of carbonyl (C=O) groups is 2. The molecule has 4 nitrogen and oxygen atoms in total. The highest BCUT2D eigenvalue weighted by molar-refractivity contribution is 6.42. The molecule has 2 aliphatic rings. The summed E-state index contributed by atoms with van der Waals surface area (Å²) in [5.74, 6) is -1.25. The van der Waals surface area contributed by atoms with E-state index in [1.807, 2.05) is 19.1 Å². The molecule has 0 bridgehead atoms. The Morgan fingerprint density at radius 1 is 1.26 bits per heavy atom. The number of hydrogen-bond donors (Lipinski definition) is 1. The van der Waals surface area contributed by atoms with Crippen LogP contribution in [-0.4, -0.2) is 34.5 Å². The van der Waals surface area contributed by atoms with Crippen molar-refractivity contribution >= 4 is 35.1 Å². The Balaban J connectivity index is 1.72. The summed E-state index contributed by atoms with van der Waals surface area (Å²) in [4.78, 5) is 25.7. The normalized spacial score (nSPS) is 30.1. The van der Waals surface area contributed by atoms with Gasteiger partial charge in [-0.05, 0) is 43.7 Å². The first-order valence-corrected chi connectivity index (χ1v) is 8.63. The maximum Gasteiger partial charge on any atom is 0.308 e. The summed E-state index contributed by atoms with van der Waals surface area (Å²) in [5.41, 5.74) is 0.914. The average Bonchev–Trinajstić information content (AvgIpc) is 3.30. The number of hydrogen-bond acceptors (Lipinski definition) is 2. The van der Waals surface area contributed by atoms with Crippen LogP contribution in [-0.2, 0) is 9.59 Å². The topological polar surface area (TPSA) is 57.6 Å². The number of carbonyl (C=O) groups excluding carboxylic acids is 1. The lowest BCUT2D eigenvalue weighted by atomic mass is 9.93. The van der Waals surface area contributed by atoms with E-state index in [0.717, 1.165) is 18.4 Å². The van der Waals surface area contributed by atoms with Gasteiger partial charge in [0.25, 0.3) is 0 Å². The lowest BCUT2D eigenvalue weighted by Crippen LogP contribution is -2.48. The molecule has 1 amide bonds. The number of aliphatic carboxylic acids is 1. The maximum atomic E-state index is 12.8. The van der Waals surface area contributed by atoms with E-state index in [4.69, 9.17) is 23.2 Å². The Kier molecular flexibility index (Phi) is 4.56. The molecule has 1 aliphatic carbocycles. The molecular weight excluding hydrogens is 337 g/mol. The first-order valence-electron chi connectivity index (χ1n) is 7.87. The predicted molar refractivity (Wildman–Crippen MR) is 88.8 cm³/mol. The van der Waals surface area contributed by atoms with Crippen molar-refractivity contribution in [3.05, 3.63) is 33.8 Å². The van der Waals surface area contributed by atoms with Crippen molar-refractivity contribution < 1.29 is 14.7 Å². The van der Waals surface area contributed by atoms with Crippen molar-refractivity contribution in [2.24, 2.45) is 11.8 Å². The summed E-state index contributed by atoms with van der Waals surface area (Å²) >= 11 is 12.3. The Morgan fingerprint density at radius 2 is 2.00 bits per heavy atom. The van der Waals surface area contributed by atoms with Crippen molar-refractivity contribution in [2.45, 2.75) is 38.1 Å². The van der Waals surface area contributed by atoms with Crippen LogP contribution in [0.5, 0.6) is 0 Å². The van der Waals surface area contributed by atoms with Crippen LogP contribution in [0.4, 0.5) is 0 Å². The third-order valence-electron chi connectivity index (χ3n) is 5.00. The van der Waals surface area contributed by atoms with E-state index in [0.29, 0.717) is 23.0 Å². The minimum Gasteiger partial charge on any atom is -0.481 e. The summed E-state index contributed by atoms with van der Waals surface area (Å²) < 4.78 is 0. The van der Waals surface area contributed by atoms with Crippen LogP contribution in [0, 0.1) is 11.8 Å². The van der Waals surface area contributed by atoms with Crippen LogP contribution < -0.4 is 0 Å². The van der Waals surface area contributed by atoms with Gasteiger partial charge in [-0.25, -0.2) is 0 Å². The molecular formula is C17H19Cl2NO3. The smallest absolute Gasteiger partial charge is 0.308 e. The van der Waals surface area contributed by atoms with Gasteiger partial charge in [-0.3, -0.25) is 9.59 Å². The van der Waals surface area contributed by atoms with Gasteiger partial charge in [0.1, 0.15) is 0 Å². The van der Waals surface area contributed by atoms with Gasteiger partial charge in [0, 0.05) is 18.5 Å². The molecule has 1 aromatic carbocycles. The first kappa shape index (κ1) is 16.6. The Morgan fingerprint density at radius 3 is 2.70 bits per heavy atom. The van der Waals surface area contributed by atoms with Crippen molar-refractivity contribution in [1.29, 1.82) is 0 Å². The summed E-state index contributed by atoms with van der Waals surface area (Å²) in [5, 5.41) is 10.2. The second-order valence-electron chi connectivity index (χ2n) is 6.54. The molecule has 1 saturated heterocycles. The first-order chi connectivity index (χ1) is 10.9. The van der Waals surface area contributed by atoms with Crippen LogP contribution in [0.1, 0.15) is 37.7 Å². The van der Waals surface area contributed by atoms with Crippen LogP contribution in [0.25, 0.3) is 0 Å². The zero-order valence-electron chi connectivity index (χ0n) is 12.8. The van der Waals surface area contributed by atoms with Gasteiger partial charge in [0.2, 0.25) is 5.91 Å². The minimum absolute atomic E-state index is 0.0458. The lowest BCUT2D eigenvalue weighted by Gasteiger charge is -2.36. The largest absolute Gasteiger partial charge is 0.481 e. The van der Waals surface area contributed by atoms with E-state index >= 15 is 0 Å².